The van der Waals surface area contributed by atoms with E-state index in [4.69, 9.17) is 18.6 Å². The Morgan fingerprint density at radius 2 is 1.42 bits per heavy atom. The second-order valence-corrected chi connectivity index (χ2v) is 6.75. The zero-order valence-corrected chi connectivity index (χ0v) is 18.8. The van der Waals surface area contributed by atoms with Crippen LogP contribution in [0.25, 0.3) is 22.6 Å². The van der Waals surface area contributed by atoms with Crippen LogP contribution < -0.4 is 14.2 Å². The summed E-state index contributed by atoms with van der Waals surface area (Å²) in [6.45, 7) is 9.92. The first-order valence-corrected chi connectivity index (χ1v) is 10.2. The fraction of sp³-hybridized carbons (Fsp3) is 0. The van der Waals surface area contributed by atoms with E-state index < -0.39 is 23.7 Å². The highest BCUT2D eigenvalue weighted by Crippen LogP contribution is 2.36. The number of carbonyl (C=O) groups is 3. The first-order valence-electron chi connectivity index (χ1n) is 10.2. The summed E-state index contributed by atoms with van der Waals surface area (Å²) in [5, 5.41) is 0. The van der Waals surface area contributed by atoms with Crippen molar-refractivity contribution in [3.05, 3.63) is 105 Å². The Morgan fingerprint density at radius 1 is 0.750 bits per heavy atom. The van der Waals surface area contributed by atoms with Gasteiger partial charge in [-0.3, -0.25) is 0 Å². The molecule has 9 heteroatoms. The number of benzene rings is 2. The normalized spacial score (nSPS) is 10.4. The lowest BCUT2D eigenvalue weighted by molar-refractivity contribution is -0.132. The smallest absolute Gasteiger partial charge is 0.335 e. The molecule has 0 unspecified atom stereocenters. The fourth-order valence-corrected chi connectivity index (χ4v) is 2.78. The summed E-state index contributed by atoms with van der Waals surface area (Å²) in [5.74, 6) is -2.15. The predicted octanol–water partition coefficient (Wildman–Crippen LogP) is 5.51. The van der Waals surface area contributed by atoms with E-state index in [1.54, 1.807) is 18.2 Å². The minimum absolute atomic E-state index is 0.0134. The van der Waals surface area contributed by atoms with Crippen LogP contribution in [0, 0.1) is 5.82 Å². The van der Waals surface area contributed by atoms with Crippen LogP contribution in [0.1, 0.15) is 0 Å². The minimum Gasteiger partial charge on any atom is -0.462 e. The van der Waals surface area contributed by atoms with Crippen LogP contribution in [0.4, 0.5) is 4.39 Å². The summed E-state index contributed by atoms with van der Waals surface area (Å²) in [6, 6.07) is 11.6. The molecule has 0 saturated carbocycles. The van der Waals surface area contributed by atoms with Crippen molar-refractivity contribution in [1.82, 2.24) is 0 Å². The highest BCUT2D eigenvalue weighted by Gasteiger charge is 2.16. The Hall–Kier alpha value is -5.18. The van der Waals surface area contributed by atoms with E-state index in [2.05, 4.69) is 24.5 Å². The molecule has 8 nitrogen and oxygen atoms in total. The Morgan fingerprint density at radius 3 is 2.08 bits per heavy atom. The summed E-state index contributed by atoms with van der Waals surface area (Å²) in [5.41, 5.74) is 0.622. The van der Waals surface area contributed by atoms with Crippen LogP contribution in [0.5, 0.6) is 17.2 Å². The van der Waals surface area contributed by atoms with E-state index >= 15 is 0 Å². The van der Waals surface area contributed by atoms with E-state index in [1.807, 2.05) is 0 Å². The summed E-state index contributed by atoms with van der Waals surface area (Å²) < 4.78 is 40.6. The molecule has 0 atom stereocenters. The van der Waals surface area contributed by atoms with E-state index in [-0.39, 0.29) is 28.6 Å². The van der Waals surface area contributed by atoms with Crippen molar-refractivity contribution in [2.75, 3.05) is 0 Å². The molecule has 3 aromatic rings. The number of hydrogen-bond donors (Lipinski definition) is 0. The summed E-state index contributed by atoms with van der Waals surface area (Å²) >= 11 is 0. The molecule has 0 aliphatic carbocycles. The molecule has 0 fully saturated rings. The monoisotopic (exact) mass is 490 g/mol. The number of ether oxygens (including phenoxy) is 4. The van der Waals surface area contributed by atoms with Gasteiger partial charge in [-0.05, 0) is 42.5 Å². The summed E-state index contributed by atoms with van der Waals surface area (Å²) in [7, 11) is 0. The van der Waals surface area contributed by atoms with Gasteiger partial charge in [0.1, 0.15) is 35.6 Å². The molecule has 0 aliphatic rings. The second kappa shape index (κ2) is 11.8. The SMILES string of the molecule is C=CC(=O)O/C=C\Oc1ccc(-c2ccc(-c3ccc(OC(=O)C=C)c(OC(=O)C=C)c3)o2)c(F)c1. The third kappa shape index (κ3) is 6.45. The second-order valence-electron chi connectivity index (χ2n) is 6.75. The molecular formula is C27H19FO8. The Labute approximate surface area is 205 Å². The maximum atomic E-state index is 14.7. The van der Waals surface area contributed by atoms with Gasteiger partial charge in [0.25, 0.3) is 0 Å². The maximum Gasteiger partial charge on any atom is 0.335 e. The fourth-order valence-electron chi connectivity index (χ4n) is 2.78. The lowest BCUT2D eigenvalue weighted by Crippen LogP contribution is -2.08. The molecule has 0 saturated heterocycles. The Bertz CT molecular complexity index is 1370. The van der Waals surface area contributed by atoms with Crippen LogP contribution in [-0.4, -0.2) is 17.9 Å². The highest BCUT2D eigenvalue weighted by atomic mass is 19.1. The third-order valence-electron chi connectivity index (χ3n) is 4.41. The molecule has 0 spiro atoms. The summed E-state index contributed by atoms with van der Waals surface area (Å²) in [6.07, 6.45) is 4.98. The standard InChI is InChI=1S/C27H19FO8/c1-4-25(29)33-14-13-32-18-8-9-19(20(28)16-18)22-12-11-21(34-22)17-7-10-23(35-26(30)5-2)24(15-17)36-27(31)6-3/h4-16H,1-3H2/b14-13-. The van der Waals surface area contributed by atoms with Crippen LogP contribution in [0.15, 0.2) is 103 Å². The zero-order valence-electron chi connectivity index (χ0n) is 18.8. The van der Waals surface area contributed by atoms with E-state index in [1.165, 1.54) is 24.3 Å². The molecule has 0 amide bonds. The molecule has 2 aromatic carbocycles. The van der Waals surface area contributed by atoms with Crippen molar-refractivity contribution in [2.24, 2.45) is 0 Å². The van der Waals surface area contributed by atoms with Crippen molar-refractivity contribution in [3.8, 4) is 39.9 Å². The molecule has 0 radical (unpaired) electrons. The van der Waals surface area contributed by atoms with Crippen molar-refractivity contribution >= 4 is 17.9 Å². The highest BCUT2D eigenvalue weighted by molar-refractivity contribution is 5.86. The van der Waals surface area contributed by atoms with Gasteiger partial charge in [-0.15, -0.1) is 0 Å². The van der Waals surface area contributed by atoms with Crippen molar-refractivity contribution in [1.29, 1.82) is 0 Å². The third-order valence-corrected chi connectivity index (χ3v) is 4.41. The number of esters is 3. The molecule has 1 aromatic heterocycles. The minimum atomic E-state index is -0.763. The number of furan rings is 1. The van der Waals surface area contributed by atoms with Gasteiger partial charge < -0.3 is 23.4 Å². The number of halogens is 1. The molecule has 36 heavy (non-hydrogen) atoms. The lowest BCUT2D eigenvalue weighted by atomic mass is 10.1. The van der Waals surface area contributed by atoms with Crippen molar-refractivity contribution in [2.45, 2.75) is 0 Å². The van der Waals surface area contributed by atoms with Crippen molar-refractivity contribution < 1.29 is 42.1 Å². The number of rotatable bonds is 10. The van der Waals surface area contributed by atoms with Gasteiger partial charge in [0.15, 0.2) is 11.5 Å². The molecular weight excluding hydrogens is 471 g/mol. The Balaban J connectivity index is 1.82. The van der Waals surface area contributed by atoms with E-state index in [0.29, 0.717) is 11.3 Å². The van der Waals surface area contributed by atoms with Crippen LogP contribution in [0.3, 0.4) is 0 Å². The van der Waals surface area contributed by atoms with Crippen LogP contribution in [0.2, 0.25) is 0 Å². The lowest BCUT2D eigenvalue weighted by Gasteiger charge is -2.10. The first kappa shape index (κ1) is 25.4. The molecule has 3 rings (SSSR count). The average molecular weight is 490 g/mol. The topological polar surface area (TPSA) is 101 Å². The first-order chi connectivity index (χ1) is 17.3. The van der Waals surface area contributed by atoms with Gasteiger partial charge in [0.05, 0.1) is 5.56 Å². The molecule has 0 bridgehead atoms. The van der Waals surface area contributed by atoms with Gasteiger partial charge in [0, 0.05) is 29.9 Å². The molecule has 0 aliphatic heterocycles. The number of carbonyl (C=O) groups excluding carboxylic acids is 3. The average Bonchev–Trinajstić information content (AvgIpc) is 3.37. The quantitative estimate of drug-likeness (QED) is 0.159. The van der Waals surface area contributed by atoms with E-state index in [0.717, 1.165) is 36.8 Å². The maximum absolute atomic E-state index is 14.7. The summed E-state index contributed by atoms with van der Waals surface area (Å²) in [4.78, 5) is 34.3. The molecule has 182 valence electrons. The zero-order chi connectivity index (χ0) is 26.1. The number of hydrogen-bond acceptors (Lipinski definition) is 8. The van der Waals surface area contributed by atoms with Gasteiger partial charge in [-0.25, -0.2) is 18.8 Å². The van der Waals surface area contributed by atoms with Crippen molar-refractivity contribution in [3.63, 3.8) is 0 Å². The van der Waals surface area contributed by atoms with Gasteiger partial charge >= 0.3 is 17.9 Å². The molecule has 0 N–H and O–H groups in total. The van der Waals surface area contributed by atoms with E-state index in [9.17, 15) is 18.8 Å². The van der Waals surface area contributed by atoms with Gasteiger partial charge in [0.2, 0.25) is 0 Å². The largest absolute Gasteiger partial charge is 0.462 e. The molecule has 1 heterocycles. The van der Waals surface area contributed by atoms with Gasteiger partial charge in [-0.2, -0.15) is 0 Å². The van der Waals surface area contributed by atoms with Crippen LogP contribution in [-0.2, 0) is 19.1 Å². The predicted molar refractivity (Wildman–Crippen MR) is 127 cm³/mol. The van der Waals surface area contributed by atoms with Crippen LogP contribution >= 0.6 is 0 Å². The van der Waals surface area contributed by atoms with Gasteiger partial charge in [-0.1, -0.05) is 19.7 Å². The Kier molecular flexibility index (Phi) is 8.34.